The summed E-state index contributed by atoms with van der Waals surface area (Å²) in [6, 6.07) is 2.46. The summed E-state index contributed by atoms with van der Waals surface area (Å²) in [4.78, 5) is 12.3. The molecule has 1 aliphatic rings. The van der Waals surface area contributed by atoms with Gasteiger partial charge >= 0.3 is 0 Å². The highest BCUT2D eigenvalue weighted by atomic mass is 32.2. The van der Waals surface area contributed by atoms with Crippen LogP contribution in [0.15, 0.2) is 23.6 Å². The first-order valence-corrected chi connectivity index (χ1v) is 8.13. The van der Waals surface area contributed by atoms with E-state index in [2.05, 4.69) is 5.32 Å². The van der Waals surface area contributed by atoms with Gasteiger partial charge < -0.3 is 19.5 Å². The second kappa shape index (κ2) is 6.27. The fourth-order valence-corrected chi connectivity index (χ4v) is 3.36. The van der Waals surface area contributed by atoms with E-state index in [0.717, 1.165) is 5.41 Å². The Morgan fingerprint density at radius 1 is 1.14 bits per heavy atom. The van der Waals surface area contributed by atoms with Gasteiger partial charge in [-0.2, -0.15) is 0 Å². The van der Waals surface area contributed by atoms with Crippen LogP contribution >= 0.6 is 0 Å². The van der Waals surface area contributed by atoms with Gasteiger partial charge in [0.25, 0.3) is 5.91 Å². The third-order valence-corrected chi connectivity index (χ3v) is 4.57. The maximum atomic E-state index is 12.3. The van der Waals surface area contributed by atoms with Crippen LogP contribution in [0.2, 0.25) is 0 Å². The van der Waals surface area contributed by atoms with Crippen LogP contribution < -0.4 is 19.5 Å². The number of ether oxygens (including phenoxy) is 3. The van der Waals surface area contributed by atoms with E-state index in [-0.39, 0.29) is 11.3 Å². The Kier molecular flexibility index (Phi) is 4.60. The molecule has 7 nitrogen and oxygen atoms in total. The third-order valence-electron chi connectivity index (χ3n) is 3.17. The molecule has 0 radical (unpaired) electrons. The lowest BCUT2D eigenvalue weighted by Crippen LogP contribution is -2.35. The molecule has 8 heteroatoms. The van der Waals surface area contributed by atoms with Crippen molar-refractivity contribution in [2.24, 2.45) is 0 Å². The lowest BCUT2D eigenvalue weighted by atomic mass is 10.1. The van der Waals surface area contributed by atoms with E-state index < -0.39 is 21.8 Å². The molecule has 0 aliphatic carbocycles. The normalized spacial score (nSPS) is 18.8. The largest absolute Gasteiger partial charge is 0.493 e. The molecule has 0 unspecified atom stereocenters. The molecule has 1 heterocycles. The zero-order valence-electron chi connectivity index (χ0n) is 12.5. The fourth-order valence-electron chi connectivity index (χ4n) is 2.13. The van der Waals surface area contributed by atoms with Crippen LogP contribution in [0.5, 0.6) is 17.2 Å². The van der Waals surface area contributed by atoms with E-state index in [4.69, 9.17) is 14.2 Å². The Labute approximate surface area is 128 Å². The van der Waals surface area contributed by atoms with Gasteiger partial charge in [0.05, 0.1) is 33.1 Å². The number of nitrogens with one attached hydrogen (secondary N) is 1. The molecule has 0 bridgehead atoms. The van der Waals surface area contributed by atoms with Crippen molar-refractivity contribution >= 4 is 15.7 Å². The molecule has 1 aromatic carbocycles. The van der Waals surface area contributed by atoms with Crippen LogP contribution in [0.3, 0.4) is 0 Å². The summed E-state index contributed by atoms with van der Waals surface area (Å²) in [6.07, 6.45) is 1.45. The highest BCUT2D eigenvalue weighted by Crippen LogP contribution is 2.38. The lowest BCUT2D eigenvalue weighted by molar-refractivity contribution is 0.0947. The molecule has 0 saturated carbocycles. The molecule has 1 N–H and O–H groups in total. The van der Waals surface area contributed by atoms with Crippen LogP contribution in [0.25, 0.3) is 0 Å². The molecule has 0 aromatic heterocycles. The summed E-state index contributed by atoms with van der Waals surface area (Å²) >= 11 is 0. The van der Waals surface area contributed by atoms with Crippen molar-refractivity contribution in [3.63, 3.8) is 0 Å². The van der Waals surface area contributed by atoms with E-state index >= 15 is 0 Å². The van der Waals surface area contributed by atoms with Crippen LogP contribution in [-0.2, 0) is 9.84 Å². The smallest absolute Gasteiger partial charge is 0.252 e. The number of methoxy groups -OCH3 is 3. The molecule has 0 spiro atoms. The van der Waals surface area contributed by atoms with Gasteiger partial charge in [-0.05, 0) is 18.2 Å². The molecule has 0 fully saturated rings. The first-order chi connectivity index (χ1) is 10.4. The summed E-state index contributed by atoms with van der Waals surface area (Å²) in [5, 5.41) is 3.74. The van der Waals surface area contributed by atoms with Crippen LogP contribution in [0, 0.1) is 0 Å². The van der Waals surface area contributed by atoms with E-state index in [0.29, 0.717) is 17.2 Å². The first-order valence-electron chi connectivity index (χ1n) is 6.42. The zero-order chi connectivity index (χ0) is 16.3. The van der Waals surface area contributed by atoms with E-state index in [1.165, 1.54) is 39.5 Å². The molecular weight excluding hydrogens is 310 g/mol. The Morgan fingerprint density at radius 3 is 2.14 bits per heavy atom. The fraction of sp³-hybridized carbons (Fsp3) is 0.357. The number of carbonyl (C=O) groups is 1. The molecule has 1 aromatic rings. The second-order valence-corrected chi connectivity index (χ2v) is 6.58. The average Bonchev–Trinajstić information content (AvgIpc) is 2.84. The maximum Gasteiger partial charge on any atom is 0.252 e. The Morgan fingerprint density at radius 2 is 1.73 bits per heavy atom. The molecule has 0 saturated heterocycles. The van der Waals surface area contributed by atoms with Crippen LogP contribution in [-0.4, -0.2) is 47.4 Å². The Hall–Kier alpha value is -2.22. The van der Waals surface area contributed by atoms with E-state index in [9.17, 15) is 13.2 Å². The number of benzene rings is 1. The third kappa shape index (κ3) is 3.33. The van der Waals surface area contributed by atoms with E-state index in [1.807, 2.05) is 0 Å². The summed E-state index contributed by atoms with van der Waals surface area (Å²) < 4.78 is 38.2. The predicted octanol–water partition coefficient (Wildman–Crippen LogP) is 0.753. The topological polar surface area (TPSA) is 90.9 Å². The standard InChI is InChI=1S/C14H17NO6S/c1-19-11-6-9(7-12(20-2)13(11)21-3)14(16)15-10-4-5-22(17,18)8-10/h4-7,10H,8H2,1-3H3,(H,15,16)/t10-/m1/s1. The molecule has 2 rings (SSSR count). The van der Waals surface area contributed by atoms with Crippen molar-refractivity contribution in [2.45, 2.75) is 6.04 Å². The van der Waals surface area contributed by atoms with Gasteiger partial charge in [-0.15, -0.1) is 0 Å². The number of amides is 1. The molecule has 1 atom stereocenters. The number of rotatable bonds is 5. The van der Waals surface area contributed by atoms with Crippen molar-refractivity contribution in [1.29, 1.82) is 0 Å². The molecule has 120 valence electrons. The number of sulfone groups is 1. The van der Waals surface area contributed by atoms with Crippen molar-refractivity contribution in [2.75, 3.05) is 27.1 Å². The zero-order valence-corrected chi connectivity index (χ0v) is 13.3. The summed E-state index contributed by atoms with van der Waals surface area (Å²) in [7, 11) is 1.14. The highest BCUT2D eigenvalue weighted by Gasteiger charge is 2.24. The Bertz CT molecular complexity index is 685. The number of hydrogen-bond donors (Lipinski definition) is 1. The Balaban J connectivity index is 2.25. The van der Waals surface area contributed by atoms with Gasteiger partial charge in [0.1, 0.15) is 0 Å². The van der Waals surface area contributed by atoms with Crippen molar-refractivity contribution in [3.05, 3.63) is 29.2 Å². The van der Waals surface area contributed by atoms with Gasteiger partial charge in [-0.25, -0.2) is 8.42 Å². The minimum absolute atomic E-state index is 0.136. The average molecular weight is 327 g/mol. The van der Waals surface area contributed by atoms with Gasteiger partial charge in [-0.3, -0.25) is 4.79 Å². The monoisotopic (exact) mass is 327 g/mol. The molecule has 22 heavy (non-hydrogen) atoms. The quantitative estimate of drug-likeness (QED) is 0.858. The van der Waals surface area contributed by atoms with Gasteiger partial charge in [0, 0.05) is 11.0 Å². The second-order valence-electron chi connectivity index (χ2n) is 4.65. The number of carbonyl (C=O) groups excluding carboxylic acids is 1. The molecule has 1 aliphatic heterocycles. The first kappa shape index (κ1) is 16.2. The minimum atomic E-state index is -3.22. The van der Waals surface area contributed by atoms with E-state index in [1.54, 1.807) is 0 Å². The van der Waals surface area contributed by atoms with Crippen molar-refractivity contribution in [1.82, 2.24) is 5.32 Å². The van der Waals surface area contributed by atoms with Crippen molar-refractivity contribution < 1.29 is 27.4 Å². The number of hydrogen-bond acceptors (Lipinski definition) is 6. The summed E-state index contributed by atoms with van der Waals surface area (Å²) in [6.45, 7) is 0. The minimum Gasteiger partial charge on any atom is -0.493 e. The summed E-state index contributed by atoms with van der Waals surface area (Å²) in [5.74, 6) is 0.516. The molecule has 1 amide bonds. The van der Waals surface area contributed by atoms with Crippen LogP contribution in [0.4, 0.5) is 0 Å². The maximum absolute atomic E-state index is 12.3. The van der Waals surface area contributed by atoms with Crippen LogP contribution in [0.1, 0.15) is 10.4 Å². The van der Waals surface area contributed by atoms with Crippen molar-refractivity contribution in [3.8, 4) is 17.2 Å². The SMILES string of the molecule is COc1cc(C(=O)N[C@@H]2C=CS(=O)(=O)C2)cc(OC)c1OC. The summed E-state index contributed by atoms with van der Waals surface area (Å²) in [5.41, 5.74) is 0.284. The lowest BCUT2D eigenvalue weighted by Gasteiger charge is -2.15. The van der Waals surface area contributed by atoms with Gasteiger partial charge in [-0.1, -0.05) is 0 Å². The van der Waals surface area contributed by atoms with Gasteiger partial charge in [0.15, 0.2) is 21.3 Å². The van der Waals surface area contributed by atoms with Gasteiger partial charge in [0.2, 0.25) is 5.75 Å². The molecular formula is C14H17NO6S. The predicted molar refractivity (Wildman–Crippen MR) is 80.3 cm³/mol. The highest BCUT2D eigenvalue weighted by molar-refractivity contribution is 7.94.